The van der Waals surface area contributed by atoms with Gasteiger partial charge in [0.2, 0.25) is 0 Å². The number of halogens is 2. The van der Waals surface area contributed by atoms with E-state index in [2.05, 4.69) is 73.3 Å². The van der Waals surface area contributed by atoms with Gasteiger partial charge in [-0.15, -0.1) is 0 Å². The van der Waals surface area contributed by atoms with Gasteiger partial charge in [0.05, 0.1) is 10.2 Å². The van der Waals surface area contributed by atoms with E-state index >= 15 is 0 Å². The zero-order chi connectivity index (χ0) is 13.4. The highest BCUT2D eigenvalue weighted by Crippen LogP contribution is 2.31. The number of nitrogens with one attached hydrogen (secondary N) is 1. The van der Waals surface area contributed by atoms with Gasteiger partial charge in [0.15, 0.2) is 5.13 Å². The average molecular weight is 398 g/mol. The molecule has 0 spiro atoms. The molecule has 1 aromatic heterocycles. The maximum absolute atomic E-state index is 4.57. The van der Waals surface area contributed by atoms with Crippen molar-refractivity contribution in [2.45, 2.75) is 6.92 Å². The molecule has 2 nitrogen and oxygen atoms in total. The van der Waals surface area contributed by atoms with Gasteiger partial charge in [-0.3, -0.25) is 0 Å². The van der Waals surface area contributed by atoms with Crippen LogP contribution in [0.2, 0.25) is 0 Å². The SMILES string of the molecule is Cc1ccc(Nc2nc3ccc(Br)cc3s2)cc1Br. The first-order valence-electron chi connectivity index (χ1n) is 5.71. The van der Waals surface area contributed by atoms with Crippen molar-refractivity contribution in [2.75, 3.05) is 5.32 Å². The van der Waals surface area contributed by atoms with Gasteiger partial charge in [-0.05, 0) is 42.8 Å². The van der Waals surface area contributed by atoms with Crippen LogP contribution in [0.4, 0.5) is 10.8 Å². The van der Waals surface area contributed by atoms with Crippen LogP contribution in [0.5, 0.6) is 0 Å². The van der Waals surface area contributed by atoms with Crippen LogP contribution in [0.15, 0.2) is 45.3 Å². The summed E-state index contributed by atoms with van der Waals surface area (Å²) < 4.78 is 3.35. The van der Waals surface area contributed by atoms with E-state index in [4.69, 9.17) is 0 Å². The van der Waals surface area contributed by atoms with Crippen molar-refractivity contribution < 1.29 is 0 Å². The third-order valence-electron chi connectivity index (χ3n) is 2.77. The van der Waals surface area contributed by atoms with E-state index in [-0.39, 0.29) is 0 Å². The normalized spacial score (nSPS) is 10.9. The summed E-state index contributed by atoms with van der Waals surface area (Å²) in [7, 11) is 0. The Kier molecular flexibility index (Phi) is 3.60. The molecule has 0 saturated heterocycles. The number of hydrogen-bond acceptors (Lipinski definition) is 3. The first kappa shape index (κ1) is 13.1. The lowest BCUT2D eigenvalue weighted by Crippen LogP contribution is -1.89. The predicted octanol–water partition coefficient (Wildman–Crippen LogP) is 5.87. The maximum atomic E-state index is 4.57. The van der Waals surface area contributed by atoms with E-state index in [1.807, 2.05) is 12.1 Å². The molecule has 0 saturated carbocycles. The number of anilines is 2. The van der Waals surface area contributed by atoms with Crippen LogP contribution >= 0.6 is 43.2 Å². The van der Waals surface area contributed by atoms with Crippen LogP contribution in [0, 0.1) is 6.92 Å². The second-order valence-corrected chi connectivity index (χ2v) is 7.02. The monoisotopic (exact) mass is 396 g/mol. The number of rotatable bonds is 2. The van der Waals surface area contributed by atoms with Gasteiger partial charge < -0.3 is 5.32 Å². The van der Waals surface area contributed by atoms with E-state index in [0.29, 0.717) is 0 Å². The molecule has 0 aliphatic rings. The van der Waals surface area contributed by atoms with Gasteiger partial charge in [0, 0.05) is 14.6 Å². The zero-order valence-corrected chi connectivity index (χ0v) is 14.1. The summed E-state index contributed by atoms with van der Waals surface area (Å²) >= 11 is 8.67. The highest BCUT2D eigenvalue weighted by atomic mass is 79.9. The molecular formula is C14H10Br2N2S. The van der Waals surface area contributed by atoms with Crippen molar-refractivity contribution >= 4 is 64.2 Å². The molecule has 0 radical (unpaired) electrons. The molecule has 0 amide bonds. The molecule has 2 aromatic carbocycles. The maximum Gasteiger partial charge on any atom is 0.188 e. The minimum atomic E-state index is 0.906. The fraction of sp³-hybridized carbons (Fsp3) is 0.0714. The lowest BCUT2D eigenvalue weighted by atomic mass is 10.2. The predicted molar refractivity (Wildman–Crippen MR) is 89.5 cm³/mol. The van der Waals surface area contributed by atoms with Crippen molar-refractivity contribution in [3.8, 4) is 0 Å². The Hall–Kier alpha value is -0.910. The molecule has 0 unspecified atom stereocenters. The van der Waals surface area contributed by atoms with Crippen molar-refractivity contribution in [1.82, 2.24) is 4.98 Å². The summed E-state index contributed by atoms with van der Waals surface area (Å²) in [5.41, 5.74) is 3.27. The van der Waals surface area contributed by atoms with E-state index in [0.717, 1.165) is 25.3 Å². The molecule has 0 atom stereocenters. The van der Waals surface area contributed by atoms with E-state index in [1.165, 1.54) is 10.3 Å². The quantitative estimate of drug-likeness (QED) is 0.584. The standard InChI is InChI=1S/C14H10Br2N2S/c1-8-2-4-10(7-11(8)16)17-14-18-12-5-3-9(15)6-13(12)19-14/h2-7H,1H3,(H,17,18). The largest absolute Gasteiger partial charge is 0.331 e. The van der Waals surface area contributed by atoms with Crippen molar-refractivity contribution in [3.63, 3.8) is 0 Å². The molecule has 96 valence electrons. The second kappa shape index (κ2) is 5.23. The van der Waals surface area contributed by atoms with E-state index in [1.54, 1.807) is 11.3 Å². The summed E-state index contributed by atoms with van der Waals surface area (Å²) in [6, 6.07) is 12.3. The fourth-order valence-corrected chi connectivity index (χ4v) is 3.56. The van der Waals surface area contributed by atoms with Crippen molar-refractivity contribution in [3.05, 3.63) is 50.9 Å². The number of benzene rings is 2. The van der Waals surface area contributed by atoms with E-state index in [9.17, 15) is 0 Å². The Morgan fingerprint density at radius 1 is 1.11 bits per heavy atom. The number of hydrogen-bond donors (Lipinski definition) is 1. The van der Waals surface area contributed by atoms with Gasteiger partial charge in [0.25, 0.3) is 0 Å². The van der Waals surface area contributed by atoms with Gasteiger partial charge >= 0.3 is 0 Å². The average Bonchev–Trinajstić information content (AvgIpc) is 2.75. The molecule has 1 N–H and O–H groups in total. The number of aryl methyl sites for hydroxylation is 1. The number of fused-ring (bicyclic) bond motifs is 1. The van der Waals surface area contributed by atoms with Gasteiger partial charge in [-0.1, -0.05) is 49.3 Å². The summed E-state index contributed by atoms with van der Waals surface area (Å²) in [5.74, 6) is 0. The topological polar surface area (TPSA) is 24.9 Å². The molecule has 0 aliphatic carbocycles. The highest BCUT2D eigenvalue weighted by Gasteiger charge is 2.05. The third kappa shape index (κ3) is 2.83. The lowest BCUT2D eigenvalue weighted by Gasteiger charge is -2.04. The Labute approximate surface area is 132 Å². The molecule has 3 aromatic rings. The first-order chi connectivity index (χ1) is 9.11. The Balaban J connectivity index is 1.94. The highest BCUT2D eigenvalue weighted by molar-refractivity contribution is 9.10. The zero-order valence-electron chi connectivity index (χ0n) is 10.1. The van der Waals surface area contributed by atoms with E-state index < -0.39 is 0 Å². The number of aromatic nitrogens is 1. The van der Waals surface area contributed by atoms with Crippen molar-refractivity contribution in [1.29, 1.82) is 0 Å². The van der Waals surface area contributed by atoms with Crippen LogP contribution < -0.4 is 5.32 Å². The molecule has 19 heavy (non-hydrogen) atoms. The molecule has 3 rings (SSSR count). The first-order valence-corrected chi connectivity index (χ1v) is 8.11. The molecular weight excluding hydrogens is 388 g/mol. The fourth-order valence-electron chi connectivity index (χ4n) is 1.75. The third-order valence-corrected chi connectivity index (χ3v) is 5.05. The lowest BCUT2D eigenvalue weighted by molar-refractivity contribution is 1.40. The van der Waals surface area contributed by atoms with Crippen LogP contribution in [0.3, 0.4) is 0 Å². The number of nitrogens with zero attached hydrogens (tertiary/aromatic N) is 1. The Morgan fingerprint density at radius 3 is 2.74 bits per heavy atom. The minimum absolute atomic E-state index is 0.906. The molecule has 1 heterocycles. The van der Waals surface area contributed by atoms with Gasteiger partial charge in [-0.2, -0.15) is 0 Å². The molecule has 5 heteroatoms. The van der Waals surface area contributed by atoms with Gasteiger partial charge in [0.1, 0.15) is 0 Å². The Bertz CT molecular complexity index is 752. The number of thiazole rings is 1. The summed E-state index contributed by atoms with van der Waals surface area (Å²) in [6.07, 6.45) is 0. The van der Waals surface area contributed by atoms with Crippen molar-refractivity contribution in [2.24, 2.45) is 0 Å². The summed E-state index contributed by atoms with van der Waals surface area (Å²) in [6.45, 7) is 2.07. The van der Waals surface area contributed by atoms with Crippen LogP contribution in [0.1, 0.15) is 5.56 Å². The molecule has 0 bridgehead atoms. The summed E-state index contributed by atoms with van der Waals surface area (Å²) in [4.78, 5) is 4.57. The Morgan fingerprint density at radius 2 is 1.95 bits per heavy atom. The smallest absolute Gasteiger partial charge is 0.188 e. The van der Waals surface area contributed by atoms with Crippen LogP contribution in [-0.4, -0.2) is 4.98 Å². The van der Waals surface area contributed by atoms with Crippen LogP contribution in [-0.2, 0) is 0 Å². The molecule has 0 fully saturated rings. The van der Waals surface area contributed by atoms with Gasteiger partial charge in [-0.25, -0.2) is 4.98 Å². The second-order valence-electron chi connectivity index (χ2n) is 4.22. The summed E-state index contributed by atoms with van der Waals surface area (Å²) in [5, 5.41) is 4.25. The van der Waals surface area contributed by atoms with Crippen LogP contribution in [0.25, 0.3) is 10.2 Å². The minimum Gasteiger partial charge on any atom is -0.331 e. The molecule has 0 aliphatic heterocycles.